The number of carbonyl (C=O) groups excluding carboxylic acids is 8. The normalized spacial score (nSPS) is 27.4. The maximum absolute atomic E-state index is 14.0. The van der Waals surface area contributed by atoms with Crippen LogP contribution < -0.4 is 32.3 Å². The minimum absolute atomic E-state index is 0.0115. The molecule has 0 bridgehead atoms. The fourth-order valence-electron chi connectivity index (χ4n) is 12.3. The molecule has 0 saturated heterocycles. The number of likely N-dealkylation sites (N-methyl/N-ethyl adjacent to an activating group) is 2. The van der Waals surface area contributed by atoms with E-state index >= 15 is 0 Å². The molecule has 7 aliphatic rings. The van der Waals surface area contributed by atoms with Crippen molar-refractivity contribution in [2.45, 2.75) is 61.8 Å². The lowest BCUT2D eigenvalue weighted by Crippen LogP contribution is -2.65. The molecule has 9 rings (SSSR count). The van der Waals surface area contributed by atoms with Gasteiger partial charge in [0.1, 0.15) is 39.9 Å². The second kappa shape index (κ2) is 20.3. The Morgan fingerprint density at radius 1 is 0.671 bits per heavy atom. The molecule has 2 aromatic carbocycles. The Bertz CT molecular complexity index is 3110. The molecule has 1 heterocycles. The monoisotopic (exact) mass is 1140 g/mol. The number of alkyl halides is 1. The third kappa shape index (κ3) is 8.67. The number of benzene rings is 2. The molecule has 2 saturated carbocycles. The van der Waals surface area contributed by atoms with Crippen molar-refractivity contribution in [3.8, 4) is 5.75 Å². The van der Waals surface area contributed by atoms with E-state index in [0.29, 0.717) is 40.9 Å². The zero-order valence-corrected chi connectivity index (χ0v) is 45.1. The summed E-state index contributed by atoms with van der Waals surface area (Å²) in [5.41, 5.74) is 13.8. The predicted octanol–water partition coefficient (Wildman–Crippen LogP) is 0.968. The van der Waals surface area contributed by atoms with E-state index in [-0.39, 0.29) is 70.3 Å². The maximum Gasteiger partial charge on any atom is 0.255 e. The number of ketones is 4. The molecular weight excluding hydrogens is 1080 g/mol. The Balaban J connectivity index is 0.000000204. The van der Waals surface area contributed by atoms with Gasteiger partial charge in [0.25, 0.3) is 11.8 Å². The van der Waals surface area contributed by atoms with Crippen molar-refractivity contribution in [3.63, 3.8) is 0 Å². The first-order valence-corrected chi connectivity index (χ1v) is 25.3. The van der Waals surface area contributed by atoms with Gasteiger partial charge in [-0.15, -0.1) is 0 Å². The summed E-state index contributed by atoms with van der Waals surface area (Å²) in [4.78, 5) is 106. The Morgan fingerprint density at radius 2 is 1.07 bits per heavy atom. The highest BCUT2D eigenvalue weighted by atomic mass is 79.9. The smallest absolute Gasteiger partial charge is 0.255 e. The van der Waals surface area contributed by atoms with Crippen LogP contribution in [0.2, 0.25) is 0 Å². The quantitative estimate of drug-likeness (QED) is 0.0605. The number of nitrogens with two attached hydrogens (primary N) is 3. The fraction of sp³-hybridized carbons (Fsp3) is 0.451. The Hall–Kier alpha value is -6.83. The number of carbonyl (C=O) groups is 8. The number of aliphatic hydroxyl groups is 6. The molecule has 0 aromatic heterocycles. The van der Waals surface area contributed by atoms with Gasteiger partial charge in [-0.1, -0.05) is 15.9 Å². The number of hydrogen-bond donors (Lipinski definition) is 11. The van der Waals surface area contributed by atoms with Crippen LogP contribution in [0.5, 0.6) is 5.75 Å². The zero-order chi connectivity index (χ0) is 56.9. The number of nitrogens with zero attached hydrogens (tertiary/aromatic N) is 4. The van der Waals surface area contributed by atoms with Crippen molar-refractivity contribution in [3.05, 3.63) is 73.8 Å². The molecule has 14 N–H and O–H groups in total. The molecular formula is C51H60BrClN8O15. The van der Waals surface area contributed by atoms with Gasteiger partial charge in [0.2, 0.25) is 22.7 Å². The van der Waals surface area contributed by atoms with Gasteiger partial charge < -0.3 is 68.1 Å². The van der Waals surface area contributed by atoms with Crippen LogP contribution in [-0.4, -0.2) is 177 Å². The van der Waals surface area contributed by atoms with Crippen molar-refractivity contribution in [1.29, 1.82) is 0 Å². The predicted molar refractivity (Wildman–Crippen MR) is 281 cm³/mol. The summed E-state index contributed by atoms with van der Waals surface area (Å²) < 4.78 is 0. The average molecular weight is 1140 g/mol. The van der Waals surface area contributed by atoms with E-state index in [1.165, 1.54) is 9.80 Å². The molecule has 3 amide bonds. The molecule has 408 valence electrons. The highest BCUT2D eigenvalue weighted by molar-refractivity contribution is 9.09. The topological polar surface area (TPSA) is 381 Å². The molecule has 6 aliphatic carbocycles. The summed E-state index contributed by atoms with van der Waals surface area (Å²) in [5, 5.41) is 81.2. The number of Topliss-reactive ketones (excluding diaryl/α,β-unsaturated/α-hetero) is 4. The van der Waals surface area contributed by atoms with Crippen LogP contribution in [0.4, 0.5) is 22.7 Å². The van der Waals surface area contributed by atoms with E-state index in [1.54, 1.807) is 53.3 Å². The molecule has 0 spiro atoms. The van der Waals surface area contributed by atoms with Gasteiger partial charge in [0.05, 0.1) is 28.7 Å². The lowest BCUT2D eigenvalue weighted by Gasteiger charge is -2.50. The average Bonchev–Trinajstić information content (AvgIpc) is 3.37. The first-order chi connectivity index (χ1) is 35.3. The summed E-state index contributed by atoms with van der Waals surface area (Å²) in [7, 11) is 13.5. The van der Waals surface area contributed by atoms with Gasteiger partial charge >= 0.3 is 0 Å². The second-order valence-corrected chi connectivity index (χ2v) is 21.7. The van der Waals surface area contributed by atoms with Crippen LogP contribution in [0.3, 0.4) is 0 Å². The van der Waals surface area contributed by atoms with E-state index < -0.39 is 116 Å². The first kappa shape index (κ1) is 56.9. The molecule has 2 fully saturated rings. The summed E-state index contributed by atoms with van der Waals surface area (Å²) in [6, 6.07) is 1.20. The molecule has 23 nitrogen and oxygen atoms in total. The summed E-state index contributed by atoms with van der Waals surface area (Å²) in [6.07, 6.45) is 1.23. The van der Waals surface area contributed by atoms with E-state index in [0.717, 1.165) is 11.3 Å². The Kier molecular flexibility index (Phi) is 15.2. The van der Waals surface area contributed by atoms with Crippen LogP contribution in [0.15, 0.2) is 45.9 Å². The number of anilines is 4. The lowest BCUT2D eigenvalue weighted by atomic mass is 9.57. The minimum Gasteiger partial charge on any atom is -0.508 e. The summed E-state index contributed by atoms with van der Waals surface area (Å²) >= 11 is 7.61. The third-order valence-corrected chi connectivity index (χ3v) is 16.5. The lowest BCUT2D eigenvalue weighted by molar-refractivity contribution is -0.155. The zero-order valence-electron chi connectivity index (χ0n) is 42.7. The van der Waals surface area contributed by atoms with Crippen molar-refractivity contribution < 1.29 is 74.1 Å². The second-order valence-electron chi connectivity index (χ2n) is 20.7. The number of phenols is 1. The number of nitrogens with one attached hydrogen (secondary N) is 1. The molecule has 0 radical (unpaired) electrons. The van der Waals surface area contributed by atoms with Crippen molar-refractivity contribution >= 4 is 108 Å². The Labute approximate surface area is 449 Å². The number of primary amides is 2. The molecule has 8 atom stereocenters. The summed E-state index contributed by atoms with van der Waals surface area (Å²) in [5.74, 6) is -13.1. The van der Waals surface area contributed by atoms with Crippen molar-refractivity contribution in [2.24, 2.45) is 35.1 Å². The van der Waals surface area contributed by atoms with Crippen molar-refractivity contribution in [1.82, 2.24) is 9.80 Å². The number of hydrogen-bond acceptors (Lipinski definition) is 20. The maximum atomic E-state index is 14.0. The van der Waals surface area contributed by atoms with Gasteiger partial charge in [-0.25, -0.2) is 0 Å². The molecule has 1 aliphatic heterocycles. The van der Waals surface area contributed by atoms with Gasteiger partial charge in [0, 0.05) is 80.2 Å². The first-order valence-electron chi connectivity index (χ1n) is 23.8. The largest absolute Gasteiger partial charge is 0.508 e. The van der Waals surface area contributed by atoms with E-state index in [2.05, 4.69) is 21.2 Å². The summed E-state index contributed by atoms with van der Waals surface area (Å²) in [6.45, 7) is 0. The van der Waals surface area contributed by atoms with Crippen LogP contribution in [0.1, 0.15) is 47.1 Å². The molecule has 2 aromatic rings. The number of aliphatic hydroxyl groups excluding tert-OH is 4. The molecule has 25 heteroatoms. The van der Waals surface area contributed by atoms with E-state index in [9.17, 15) is 74.1 Å². The van der Waals surface area contributed by atoms with Gasteiger partial charge in [-0.05, 0) is 113 Å². The van der Waals surface area contributed by atoms with Gasteiger partial charge in [0.15, 0.2) is 22.8 Å². The van der Waals surface area contributed by atoms with Crippen LogP contribution in [0.25, 0.3) is 11.5 Å². The van der Waals surface area contributed by atoms with E-state index in [4.69, 9.17) is 28.8 Å². The number of phenolic OH excluding ortho intramolecular Hbond substituents is 1. The number of halogens is 2. The number of aromatic hydroxyl groups is 1. The highest BCUT2D eigenvalue weighted by Crippen LogP contribution is 2.56. The molecule has 2 unspecified atom stereocenters. The van der Waals surface area contributed by atoms with Crippen LogP contribution in [-0.2, 0) is 57.6 Å². The van der Waals surface area contributed by atoms with Gasteiger partial charge in [-0.2, -0.15) is 0 Å². The standard InChI is InChI=1S/C26H30N4O7.C23H28N4O7.C2H2BrClO/c1-29(2)15-9-14-11(5-6-16(31)28-14)18-12(15)7-10-8-13-20(30(3)4)22(33)19(25(27)36)24(35)26(13,37)23(34)17(10)21(18)32;1-26(2)12-7-11(24)17(28)14-9(12)5-8-6-10-16(27(3)4)19(30)15(22(25)33)21(32)23(10,34)20(31)13(8)18(14)29;3-1-2(4)5/h9-10,13,20,32,35,37H,5-8H2,1-4H3,(H2,27,36)(H,28,31);7-8,10,16,28-29,32,34H,5-6,24H2,1-4H3,(H2,25,33);1H2/t10?,13-,20-,26-;8?,10-,16-,23-;/m00./s1. The minimum atomic E-state index is -2.66. The van der Waals surface area contributed by atoms with Crippen molar-refractivity contribution in [2.75, 3.05) is 82.6 Å². The number of nitrogen functional groups attached to an aromatic ring is 1. The van der Waals surface area contributed by atoms with Gasteiger partial charge in [-0.3, -0.25) is 48.2 Å². The number of fused-ring (bicyclic) bond motifs is 8. The highest BCUT2D eigenvalue weighted by Gasteiger charge is 2.66. The fourth-order valence-corrected chi connectivity index (χ4v) is 12.3. The molecule has 76 heavy (non-hydrogen) atoms. The number of amides is 3. The number of rotatable bonds is 7. The third-order valence-electron chi connectivity index (χ3n) is 15.5. The SMILES string of the molecule is CN(C)c1cc(N)c(O)c2c1CC1C[C@H]3[C@H](N(C)C)C(=O)C(C(N)=O)=C(O)[C@@]3(O)C(=O)C1=C2O.CN(C)c1cc2c(c3c1CC1C[C@H]4[C@H](N(C)C)C(=O)C(C(N)=O)=C(O)[C@@]4(O)C(=O)C1=C3O)CCC(=O)N2.O=C(Cl)CBr. The van der Waals surface area contributed by atoms with Crippen LogP contribution in [0, 0.1) is 23.7 Å². The van der Waals surface area contributed by atoms with Crippen LogP contribution >= 0.6 is 27.5 Å². The Morgan fingerprint density at radius 3 is 1.45 bits per heavy atom. The van der Waals surface area contributed by atoms with E-state index in [1.807, 2.05) is 25.1 Å².